The molecule has 9 heteroatoms. The highest BCUT2D eigenvalue weighted by Crippen LogP contribution is 2.30. The van der Waals surface area contributed by atoms with E-state index in [-0.39, 0.29) is 11.5 Å². The van der Waals surface area contributed by atoms with Gasteiger partial charge in [0.15, 0.2) is 12.4 Å². The fourth-order valence-electron chi connectivity index (χ4n) is 2.89. The number of ether oxygens (including phenoxy) is 1. The number of sulfonamides is 1. The summed E-state index contributed by atoms with van der Waals surface area (Å²) in [7, 11) is -3.37. The summed E-state index contributed by atoms with van der Waals surface area (Å²) in [6, 6.07) is 7.68. The Labute approximate surface area is 162 Å². The Bertz CT molecular complexity index is 1010. The zero-order chi connectivity index (χ0) is 19.6. The molecule has 0 N–H and O–H groups in total. The predicted molar refractivity (Wildman–Crippen MR) is 101 cm³/mol. The quantitative estimate of drug-likeness (QED) is 0.557. The molecule has 2 heterocycles. The lowest BCUT2D eigenvalue weighted by molar-refractivity contribution is 0.0469. The molecular weight excluding hydrogens is 392 g/mol. The molecule has 0 amide bonds. The Balaban J connectivity index is 1.72. The molecule has 0 saturated carbocycles. The van der Waals surface area contributed by atoms with Gasteiger partial charge in [-0.05, 0) is 48.7 Å². The number of carbonyl (C=O) groups is 2. The average molecular weight is 409 g/mol. The summed E-state index contributed by atoms with van der Waals surface area (Å²) in [5.41, 5.74) is 1.74. The SMILES string of the molecule is CS(=O)(=O)N1CCCc2cc(C(=O)COC(=O)c3cc(Cl)ccn3)ccc21. The van der Waals surface area contributed by atoms with E-state index in [0.717, 1.165) is 11.8 Å². The number of aryl methyl sites for hydroxylation is 1. The van der Waals surface area contributed by atoms with Crippen molar-refractivity contribution in [3.63, 3.8) is 0 Å². The van der Waals surface area contributed by atoms with Gasteiger partial charge in [0, 0.05) is 23.3 Å². The number of Topliss-reactive ketones (excluding diaryl/α,β-unsaturated/α-hetero) is 1. The molecule has 0 bridgehead atoms. The Morgan fingerprint density at radius 3 is 2.74 bits per heavy atom. The van der Waals surface area contributed by atoms with Gasteiger partial charge in [0.2, 0.25) is 10.0 Å². The van der Waals surface area contributed by atoms with Gasteiger partial charge >= 0.3 is 5.97 Å². The van der Waals surface area contributed by atoms with E-state index in [1.165, 1.54) is 28.7 Å². The number of anilines is 1. The summed E-state index contributed by atoms with van der Waals surface area (Å²) in [6.07, 6.45) is 3.88. The minimum atomic E-state index is -3.37. The van der Waals surface area contributed by atoms with Gasteiger partial charge in [0.05, 0.1) is 11.9 Å². The van der Waals surface area contributed by atoms with E-state index >= 15 is 0 Å². The molecular formula is C18H17ClN2O5S. The van der Waals surface area contributed by atoms with Crippen molar-refractivity contribution >= 4 is 39.1 Å². The molecule has 0 aliphatic carbocycles. The molecule has 142 valence electrons. The fraction of sp³-hybridized carbons (Fsp3) is 0.278. The number of nitrogens with zero attached hydrogens (tertiary/aromatic N) is 2. The van der Waals surface area contributed by atoms with Crippen LogP contribution in [0, 0.1) is 0 Å². The number of carbonyl (C=O) groups excluding carboxylic acids is 2. The lowest BCUT2D eigenvalue weighted by atomic mass is 9.99. The van der Waals surface area contributed by atoms with Crippen molar-refractivity contribution in [2.45, 2.75) is 12.8 Å². The first kappa shape index (κ1) is 19.3. The lowest BCUT2D eigenvalue weighted by Crippen LogP contribution is -2.34. The number of benzene rings is 1. The number of ketones is 1. The van der Waals surface area contributed by atoms with E-state index in [1.807, 2.05) is 0 Å². The topological polar surface area (TPSA) is 93.6 Å². The smallest absolute Gasteiger partial charge is 0.357 e. The zero-order valence-corrected chi connectivity index (χ0v) is 16.1. The van der Waals surface area contributed by atoms with Crippen LogP contribution in [0.25, 0.3) is 0 Å². The van der Waals surface area contributed by atoms with Crippen molar-refractivity contribution in [1.82, 2.24) is 4.98 Å². The molecule has 0 atom stereocenters. The van der Waals surface area contributed by atoms with Gasteiger partial charge in [-0.15, -0.1) is 0 Å². The average Bonchev–Trinajstić information content (AvgIpc) is 2.64. The summed E-state index contributed by atoms with van der Waals surface area (Å²) in [5, 5.41) is 0.341. The summed E-state index contributed by atoms with van der Waals surface area (Å²) in [6.45, 7) is -0.0228. The van der Waals surface area contributed by atoms with E-state index in [0.29, 0.717) is 35.7 Å². The monoisotopic (exact) mass is 408 g/mol. The van der Waals surface area contributed by atoms with E-state index in [2.05, 4.69) is 4.98 Å². The van der Waals surface area contributed by atoms with Crippen LogP contribution in [0.2, 0.25) is 5.02 Å². The molecule has 7 nitrogen and oxygen atoms in total. The molecule has 1 aromatic heterocycles. The Hall–Kier alpha value is -2.45. The van der Waals surface area contributed by atoms with Gasteiger partial charge in [-0.2, -0.15) is 0 Å². The molecule has 2 aromatic rings. The van der Waals surface area contributed by atoms with Crippen LogP contribution in [-0.2, 0) is 21.2 Å². The van der Waals surface area contributed by atoms with Crippen LogP contribution in [0.3, 0.4) is 0 Å². The Morgan fingerprint density at radius 1 is 1.26 bits per heavy atom. The largest absolute Gasteiger partial charge is 0.453 e. The zero-order valence-electron chi connectivity index (χ0n) is 14.5. The van der Waals surface area contributed by atoms with Crippen molar-refractivity contribution in [3.05, 3.63) is 58.4 Å². The third kappa shape index (κ3) is 4.45. The third-order valence-corrected chi connectivity index (χ3v) is 5.56. The number of hydrogen-bond donors (Lipinski definition) is 0. The first-order valence-corrected chi connectivity index (χ1v) is 10.4. The van der Waals surface area contributed by atoms with Crippen LogP contribution in [0.1, 0.15) is 32.8 Å². The van der Waals surface area contributed by atoms with Crippen molar-refractivity contribution in [3.8, 4) is 0 Å². The maximum atomic E-state index is 12.4. The van der Waals surface area contributed by atoms with Crippen LogP contribution in [0.4, 0.5) is 5.69 Å². The number of halogens is 1. The molecule has 27 heavy (non-hydrogen) atoms. The lowest BCUT2D eigenvalue weighted by Gasteiger charge is -2.29. The fourth-order valence-corrected chi connectivity index (χ4v) is 4.04. The number of esters is 1. The number of aromatic nitrogens is 1. The highest BCUT2D eigenvalue weighted by atomic mass is 35.5. The number of pyridine rings is 1. The van der Waals surface area contributed by atoms with Gasteiger partial charge in [-0.25, -0.2) is 18.2 Å². The standard InChI is InChI=1S/C18H17ClN2O5S/c1-27(24,25)21-8-2-3-12-9-13(4-5-16(12)21)17(22)11-26-18(23)15-10-14(19)6-7-20-15/h4-7,9-10H,2-3,8,11H2,1H3. The molecule has 0 radical (unpaired) electrons. The maximum Gasteiger partial charge on any atom is 0.357 e. The van der Waals surface area contributed by atoms with E-state index in [4.69, 9.17) is 16.3 Å². The molecule has 1 aliphatic rings. The van der Waals surface area contributed by atoms with Gasteiger partial charge in [0.25, 0.3) is 0 Å². The second-order valence-electron chi connectivity index (χ2n) is 6.14. The van der Waals surface area contributed by atoms with Crippen LogP contribution in [-0.4, -0.2) is 44.6 Å². The molecule has 0 spiro atoms. The van der Waals surface area contributed by atoms with Crippen LogP contribution < -0.4 is 4.31 Å². The van der Waals surface area contributed by atoms with E-state index in [9.17, 15) is 18.0 Å². The minimum absolute atomic E-state index is 0.0181. The van der Waals surface area contributed by atoms with E-state index < -0.39 is 22.6 Å². The van der Waals surface area contributed by atoms with E-state index in [1.54, 1.807) is 12.1 Å². The highest BCUT2D eigenvalue weighted by molar-refractivity contribution is 7.92. The summed E-state index contributed by atoms with van der Waals surface area (Å²) >= 11 is 5.80. The van der Waals surface area contributed by atoms with Crippen LogP contribution >= 0.6 is 11.6 Å². The third-order valence-electron chi connectivity index (χ3n) is 4.14. The molecule has 0 fully saturated rings. The molecule has 3 rings (SSSR count). The number of fused-ring (bicyclic) bond motifs is 1. The summed E-state index contributed by atoms with van der Waals surface area (Å²) in [4.78, 5) is 28.2. The summed E-state index contributed by atoms with van der Waals surface area (Å²) in [5.74, 6) is -1.13. The first-order chi connectivity index (χ1) is 12.8. The normalized spacial score (nSPS) is 13.8. The molecule has 1 aliphatic heterocycles. The van der Waals surface area contributed by atoms with Gasteiger partial charge in [-0.1, -0.05) is 11.6 Å². The van der Waals surface area contributed by atoms with Crippen molar-refractivity contribution in [1.29, 1.82) is 0 Å². The number of rotatable bonds is 5. The van der Waals surface area contributed by atoms with Gasteiger partial charge < -0.3 is 4.74 Å². The van der Waals surface area contributed by atoms with Crippen molar-refractivity contribution in [2.75, 3.05) is 23.7 Å². The van der Waals surface area contributed by atoms with Gasteiger partial charge in [0.1, 0.15) is 5.69 Å². The second-order valence-corrected chi connectivity index (χ2v) is 8.48. The Morgan fingerprint density at radius 2 is 2.04 bits per heavy atom. The van der Waals surface area contributed by atoms with Gasteiger partial charge in [-0.3, -0.25) is 9.10 Å². The van der Waals surface area contributed by atoms with Crippen LogP contribution in [0.15, 0.2) is 36.5 Å². The van der Waals surface area contributed by atoms with Crippen molar-refractivity contribution < 1.29 is 22.7 Å². The maximum absolute atomic E-state index is 12.4. The molecule has 1 aromatic carbocycles. The second kappa shape index (κ2) is 7.66. The first-order valence-electron chi connectivity index (χ1n) is 8.18. The summed E-state index contributed by atoms with van der Waals surface area (Å²) < 4.78 is 30.1. The predicted octanol–water partition coefficient (Wildman–Crippen LogP) is 2.49. The van der Waals surface area contributed by atoms with Crippen LogP contribution in [0.5, 0.6) is 0 Å². The Kier molecular flexibility index (Phi) is 5.48. The highest BCUT2D eigenvalue weighted by Gasteiger charge is 2.25. The molecule has 0 saturated heterocycles. The molecule has 0 unspecified atom stereocenters. The van der Waals surface area contributed by atoms with Crippen molar-refractivity contribution in [2.24, 2.45) is 0 Å². The minimum Gasteiger partial charge on any atom is -0.453 e. The number of hydrogen-bond acceptors (Lipinski definition) is 6.